The maximum absolute atomic E-state index is 12.9. The maximum atomic E-state index is 12.9. The Morgan fingerprint density at radius 2 is 2.04 bits per heavy atom. The summed E-state index contributed by atoms with van der Waals surface area (Å²) < 4.78 is 19.8. The molecule has 0 radical (unpaired) electrons. The molecular formula is C18H24FN5O2S. The zero-order valence-corrected chi connectivity index (χ0v) is 16.0. The molecule has 0 saturated heterocycles. The maximum Gasteiger partial charge on any atom is 0.233 e. The van der Waals surface area contributed by atoms with Crippen LogP contribution in [0.4, 0.5) is 4.39 Å². The zero-order valence-electron chi connectivity index (χ0n) is 15.2. The summed E-state index contributed by atoms with van der Waals surface area (Å²) in [5, 5.41) is 11.3. The number of nitrogens with zero attached hydrogens (tertiary/aromatic N) is 3. The predicted molar refractivity (Wildman–Crippen MR) is 101 cm³/mol. The number of nitrogens with two attached hydrogens (primary N) is 1. The quantitative estimate of drug-likeness (QED) is 0.555. The van der Waals surface area contributed by atoms with Crippen molar-refractivity contribution < 1.29 is 13.9 Å². The normalized spacial score (nSPS) is 16.1. The molecule has 1 saturated carbocycles. The van der Waals surface area contributed by atoms with Crippen LogP contribution in [0.5, 0.6) is 5.75 Å². The highest BCUT2D eigenvalue weighted by molar-refractivity contribution is 8.00. The van der Waals surface area contributed by atoms with Crippen LogP contribution in [0.1, 0.15) is 44.9 Å². The highest BCUT2D eigenvalue weighted by Gasteiger charge is 2.22. The van der Waals surface area contributed by atoms with E-state index in [4.69, 9.17) is 10.6 Å². The van der Waals surface area contributed by atoms with Crippen molar-refractivity contribution in [1.82, 2.24) is 20.2 Å². The fraction of sp³-hybridized carbons (Fsp3) is 0.500. The van der Waals surface area contributed by atoms with E-state index in [0.29, 0.717) is 16.7 Å². The molecule has 3 N–H and O–H groups in total. The molecule has 1 unspecified atom stereocenters. The Kier molecular flexibility index (Phi) is 6.54. The van der Waals surface area contributed by atoms with Crippen LogP contribution in [0.25, 0.3) is 0 Å². The van der Waals surface area contributed by atoms with Crippen LogP contribution >= 0.6 is 11.8 Å². The van der Waals surface area contributed by atoms with Gasteiger partial charge in [-0.2, -0.15) is 0 Å². The SMILES string of the molecule is CC(Sc1nnc(COc2ccc(F)cc2)n1N)C(=O)NC1CCCCC1. The molecular weight excluding hydrogens is 369 g/mol. The largest absolute Gasteiger partial charge is 0.486 e. The van der Waals surface area contributed by atoms with Crippen LogP contribution in [0.2, 0.25) is 0 Å². The summed E-state index contributed by atoms with van der Waals surface area (Å²) in [6.07, 6.45) is 5.67. The molecule has 2 aromatic rings. The Balaban J connectivity index is 1.52. The van der Waals surface area contributed by atoms with Crippen LogP contribution < -0.4 is 15.9 Å². The zero-order chi connectivity index (χ0) is 19.2. The molecule has 1 amide bonds. The van der Waals surface area contributed by atoms with Gasteiger partial charge in [-0.25, -0.2) is 9.07 Å². The first-order valence-electron chi connectivity index (χ1n) is 9.07. The van der Waals surface area contributed by atoms with Crippen molar-refractivity contribution in [2.75, 3.05) is 5.84 Å². The van der Waals surface area contributed by atoms with Crippen LogP contribution in [0.15, 0.2) is 29.4 Å². The van der Waals surface area contributed by atoms with Gasteiger partial charge in [0.25, 0.3) is 0 Å². The van der Waals surface area contributed by atoms with Crippen LogP contribution in [0.3, 0.4) is 0 Å². The van der Waals surface area contributed by atoms with Gasteiger partial charge in [0.05, 0.1) is 5.25 Å². The first-order chi connectivity index (χ1) is 13.0. The van der Waals surface area contributed by atoms with Gasteiger partial charge in [-0.15, -0.1) is 10.2 Å². The second-order valence-corrected chi connectivity index (χ2v) is 7.92. The summed E-state index contributed by atoms with van der Waals surface area (Å²) in [5.41, 5.74) is 0. The Bertz CT molecular complexity index is 762. The summed E-state index contributed by atoms with van der Waals surface area (Å²) in [7, 11) is 0. The molecule has 9 heteroatoms. The average molecular weight is 393 g/mol. The van der Waals surface area contributed by atoms with E-state index in [2.05, 4.69) is 15.5 Å². The number of aromatic nitrogens is 3. The van der Waals surface area contributed by atoms with Crippen molar-refractivity contribution >= 4 is 17.7 Å². The van der Waals surface area contributed by atoms with Gasteiger partial charge in [0.1, 0.15) is 18.2 Å². The van der Waals surface area contributed by atoms with Gasteiger partial charge in [-0.1, -0.05) is 31.0 Å². The van der Waals surface area contributed by atoms with Gasteiger partial charge in [-0.05, 0) is 44.0 Å². The number of hydrogen-bond donors (Lipinski definition) is 2. The minimum Gasteiger partial charge on any atom is -0.486 e. The lowest BCUT2D eigenvalue weighted by Crippen LogP contribution is -2.40. The molecule has 1 aromatic carbocycles. The molecule has 1 aliphatic rings. The summed E-state index contributed by atoms with van der Waals surface area (Å²) >= 11 is 1.26. The Labute approximate surface area is 161 Å². The number of thioether (sulfide) groups is 1. The number of ether oxygens (including phenoxy) is 1. The number of nitrogen functional groups attached to an aromatic ring is 1. The fourth-order valence-electron chi connectivity index (χ4n) is 2.94. The van der Waals surface area contributed by atoms with E-state index in [0.717, 1.165) is 12.8 Å². The van der Waals surface area contributed by atoms with Crippen molar-refractivity contribution in [1.29, 1.82) is 0 Å². The van der Waals surface area contributed by atoms with Gasteiger partial charge < -0.3 is 15.9 Å². The van der Waals surface area contributed by atoms with Crippen molar-refractivity contribution in [3.8, 4) is 5.75 Å². The summed E-state index contributed by atoms with van der Waals surface area (Å²) in [5.74, 6) is 6.60. The summed E-state index contributed by atoms with van der Waals surface area (Å²) in [6.45, 7) is 1.92. The number of benzene rings is 1. The van der Waals surface area contributed by atoms with E-state index in [1.807, 2.05) is 6.92 Å². The van der Waals surface area contributed by atoms with Crippen LogP contribution in [0, 0.1) is 5.82 Å². The van der Waals surface area contributed by atoms with E-state index in [1.54, 1.807) is 0 Å². The number of carbonyl (C=O) groups excluding carboxylic acids is 1. The molecule has 1 atom stereocenters. The molecule has 1 heterocycles. The molecule has 0 bridgehead atoms. The third-order valence-corrected chi connectivity index (χ3v) is 5.58. The summed E-state index contributed by atoms with van der Waals surface area (Å²) in [4.78, 5) is 12.4. The number of carbonyl (C=O) groups is 1. The van der Waals surface area contributed by atoms with Gasteiger partial charge in [0.15, 0.2) is 5.82 Å². The van der Waals surface area contributed by atoms with Crippen molar-refractivity contribution in [2.45, 2.75) is 62.1 Å². The number of rotatable bonds is 7. The molecule has 1 aromatic heterocycles. The van der Waals surface area contributed by atoms with Crippen molar-refractivity contribution in [3.63, 3.8) is 0 Å². The lowest BCUT2D eigenvalue weighted by atomic mass is 9.95. The number of hydrogen-bond acceptors (Lipinski definition) is 6. The molecule has 7 nitrogen and oxygen atoms in total. The second kappa shape index (κ2) is 9.07. The van der Waals surface area contributed by atoms with Gasteiger partial charge in [0, 0.05) is 6.04 Å². The number of amides is 1. The number of halogens is 1. The topological polar surface area (TPSA) is 95.1 Å². The molecule has 0 spiro atoms. The van der Waals surface area contributed by atoms with Crippen molar-refractivity contribution in [3.05, 3.63) is 35.9 Å². The molecule has 0 aliphatic heterocycles. The van der Waals surface area contributed by atoms with E-state index in [-0.39, 0.29) is 29.6 Å². The Morgan fingerprint density at radius 1 is 1.33 bits per heavy atom. The first kappa shape index (κ1) is 19.5. The summed E-state index contributed by atoms with van der Waals surface area (Å²) in [6, 6.07) is 5.96. The van der Waals surface area contributed by atoms with Gasteiger partial charge in [0.2, 0.25) is 11.1 Å². The highest BCUT2D eigenvalue weighted by Crippen LogP contribution is 2.23. The second-order valence-electron chi connectivity index (χ2n) is 6.62. The van der Waals surface area contributed by atoms with Crippen LogP contribution in [-0.4, -0.2) is 32.1 Å². The monoisotopic (exact) mass is 393 g/mol. The molecule has 1 fully saturated rings. The molecule has 27 heavy (non-hydrogen) atoms. The standard InChI is InChI=1S/C18H24FN5O2S/c1-12(17(25)21-14-5-3-2-4-6-14)27-18-23-22-16(24(18)20)11-26-15-9-7-13(19)8-10-15/h7-10,12,14H,2-6,11,20H2,1H3,(H,21,25). The van der Waals surface area contributed by atoms with Gasteiger partial charge in [-0.3, -0.25) is 4.79 Å². The first-order valence-corrected chi connectivity index (χ1v) is 9.95. The molecule has 146 valence electrons. The molecule has 3 rings (SSSR count). The number of nitrogens with one attached hydrogen (secondary N) is 1. The van der Waals surface area contributed by atoms with E-state index in [1.165, 1.54) is 60.0 Å². The Hall–Kier alpha value is -2.29. The van der Waals surface area contributed by atoms with E-state index < -0.39 is 0 Å². The Morgan fingerprint density at radius 3 is 2.74 bits per heavy atom. The minimum absolute atomic E-state index is 0.0148. The average Bonchev–Trinajstić information content (AvgIpc) is 3.02. The van der Waals surface area contributed by atoms with E-state index in [9.17, 15) is 9.18 Å². The smallest absolute Gasteiger partial charge is 0.233 e. The third kappa shape index (κ3) is 5.35. The molecule has 1 aliphatic carbocycles. The minimum atomic E-state index is -0.330. The lowest BCUT2D eigenvalue weighted by Gasteiger charge is -2.24. The van der Waals surface area contributed by atoms with Gasteiger partial charge >= 0.3 is 0 Å². The third-order valence-electron chi connectivity index (χ3n) is 4.52. The lowest BCUT2D eigenvalue weighted by molar-refractivity contribution is -0.121. The van der Waals surface area contributed by atoms with Crippen molar-refractivity contribution in [2.24, 2.45) is 0 Å². The highest BCUT2D eigenvalue weighted by atomic mass is 32.2. The van der Waals surface area contributed by atoms with E-state index >= 15 is 0 Å². The predicted octanol–water partition coefficient (Wildman–Crippen LogP) is 2.64. The fourth-order valence-corrected chi connectivity index (χ4v) is 3.74. The van der Waals surface area contributed by atoms with Crippen LogP contribution in [-0.2, 0) is 11.4 Å².